The summed E-state index contributed by atoms with van der Waals surface area (Å²) >= 11 is 0. The van der Waals surface area contributed by atoms with Gasteiger partial charge in [-0.15, -0.1) is 0 Å². The average molecular weight is 282 g/mol. The van der Waals surface area contributed by atoms with Gasteiger partial charge in [0.1, 0.15) is 5.69 Å². The first-order valence-electron chi connectivity index (χ1n) is 6.28. The Kier molecular flexibility index (Phi) is 2.98. The maximum atomic E-state index is 11.8. The molecule has 0 aliphatic carbocycles. The smallest absolute Gasteiger partial charge is 0.283 e. The Morgan fingerprint density at radius 1 is 1.00 bits per heavy atom. The number of benzene rings is 2. The first kappa shape index (κ1) is 13.0. The summed E-state index contributed by atoms with van der Waals surface area (Å²) in [6.07, 6.45) is 0.591. The van der Waals surface area contributed by atoms with E-state index in [1.165, 1.54) is 6.07 Å². The fourth-order valence-electron chi connectivity index (χ4n) is 2.37. The second-order valence-corrected chi connectivity index (χ2v) is 4.70. The topological polar surface area (TPSA) is 80.5 Å². The summed E-state index contributed by atoms with van der Waals surface area (Å²) < 4.78 is 0. The maximum Gasteiger partial charge on any atom is 0.360 e. The zero-order valence-electron chi connectivity index (χ0n) is 10.9. The normalized spacial score (nSPS) is 13.4. The molecule has 1 aliphatic heterocycles. The maximum absolute atomic E-state index is 11.8. The molecular formula is C15H10N2O4. The summed E-state index contributed by atoms with van der Waals surface area (Å²) in [4.78, 5) is 34.3. The van der Waals surface area contributed by atoms with Crippen LogP contribution in [0.4, 0.5) is 5.69 Å². The Hall–Kier alpha value is -3.02. The zero-order chi connectivity index (χ0) is 15.0. The molecule has 3 rings (SSSR count). The minimum atomic E-state index is -1.12. The molecule has 0 aromatic heterocycles. The lowest BCUT2D eigenvalue weighted by molar-refractivity contribution is -0.482. The van der Waals surface area contributed by atoms with Crippen molar-refractivity contribution < 1.29 is 14.6 Å². The number of amides is 1. The Morgan fingerprint density at radius 2 is 1.71 bits per heavy atom. The van der Waals surface area contributed by atoms with Crippen LogP contribution in [0.2, 0.25) is 0 Å². The molecule has 0 fully saturated rings. The van der Waals surface area contributed by atoms with E-state index in [9.17, 15) is 19.7 Å². The van der Waals surface area contributed by atoms with Gasteiger partial charge in [0.25, 0.3) is 5.78 Å². The van der Waals surface area contributed by atoms with Gasteiger partial charge >= 0.3 is 5.91 Å². The number of carbonyl (C=O) groups excluding carboxylic acids is 2. The zero-order valence-corrected chi connectivity index (χ0v) is 10.9. The number of hydrazine groups is 1. The van der Waals surface area contributed by atoms with Gasteiger partial charge < -0.3 is 0 Å². The highest BCUT2D eigenvalue weighted by Crippen LogP contribution is 2.30. The Balaban J connectivity index is 1.98. The van der Waals surface area contributed by atoms with E-state index in [1.807, 2.05) is 30.3 Å². The molecule has 0 unspecified atom stereocenters. The first-order chi connectivity index (χ1) is 10.1. The van der Waals surface area contributed by atoms with Crippen molar-refractivity contribution in [2.45, 2.75) is 6.42 Å². The van der Waals surface area contributed by atoms with Crippen molar-refractivity contribution >= 4 is 17.4 Å². The molecular weight excluding hydrogens is 272 g/mol. The second-order valence-electron chi connectivity index (χ2n) is 4.70. The number of hydrogen-bond acceptors (Lipinski definition) is 4. The van der Waals surface area contributed by atoms with Gasteiger partial charge in [0.2, 0.25) is 0 Å². The summed E-state index contributed by atoms with van der Waals surface area (Å²) in [5.41, 5.74) is 2.00. The fourth-order valence-corrected chi connectivity index (χ4v) is 2.37. The molecule has 1 aliphatic rings. The van der Waals surface area contributed by atoms with Crippen LogP contribution in [0.3, 0.4) is 0 Å². The van der Waals surface area contributed by atoms with Gasteiger partial charge in [0.05, 0.1) is 5.56 Å². The van der Waals surface area contributed by atoms with Crippen LogP contribution in [0.1, 0.15) is 21.5 Å². The second kappa shape index (κ2) is 4.82. The first-order valence-corrected chi connectivity index (χ1v) is 6.28. The molecule has 6 heteroatoms. The van der Waals surface area contributed by atoms with Crippen molar-refractivity contribution in [3.63, 3.8) is 0 Å². The lowest BCUT2D eigenvalue weighted by Gasteiger charge is -2.06. The third-order valence-corrected chi connectivity index (χ3v) is 3.33. The molecule has 6 nitrogen and oxygen atoms in total. The molecule has 0 spiro atoms. The SMILES string of the molecule is O=C1C(=O)N([N+](=O)[O-])c2ccc(Cc3ccccc3)cc21. The van der Waals surface area contributed by atoms with Gasteiger partial charge in [0, 0.05) is 0 Å². The molecule has 0 saturated heterocycles. The number of anilines is 1. The summed E-state index contributed by atoms with van der Waals surface area (Å²) in [7, 11) is 0. The number of carbonyl (C=O) groups is 2. The van der Waals surface area contributed by atoms with Crippen LogP contribution in [0.25, 0.3) is 0 Å². The van der Waals surface area contributed by atoms with E-state index >= 15 is 0 Å². The number of rotatable bonds is 3. The van der Waals surface area contributed by atoms with E-state index < -0.39 is 16.7 Å². The van der Waals surface area contributed by atoms with Gasteiger partial charge in [-0.3, -0.25) is 9.59 Å². The summed E-state index contributed by atoms with van der Waals surface area (Å²) in [5, 5.41) is 10.3. The molecule has 0 radical (unpaired) electrons. The number of hydrogen-bond donors (Lipinski definition) is 0. The van der Waals surface area contributed by atoms with Crippen LogP contribution in [-0.2, 0) is 11.2 Å². The van der Waals surface area contributed by atoms with Gasteiger partial charge in [0.15, 0.2) is 5.03 Å². The Labute approximate surface area is 119 Å². The highest BCUT2D eigenvalue weighted by atomic mass is 16.7. The van der Waals surface area contributed by atoms with Crippen LogP contribution in [0.5, 0.6) is 0 Å². The average Bonchev–Trinajstić information content (AvgIpc) is 2.72. The van der Waals surface area contributed by atoms with Gasteiger partial charge in [-0.1, -0.05) is 36.4 Å². The van der Waals surface area contributed by atoms with Crippen LogP contribution < -0.4 is 5.01 Å². The number of nitrogens with zero attached hydrogens (tertiary/aromatic N) is 2. The number of nitro groups is 1. The molecule has 2 aromatic carbocycles. The minimum Gasteiger partial charge on any atom is -0.283 e. The number of fused-ring (bicyclic) bond motifs is 1. The van der Waals surface area contributed by atoms with Crippen molar-refractivity contribution in [3.8, 4) is 0 Å². The van der Waals surface area contributed by atoms with E-state index in [1.54, 1.807) is 12.1 Å². The van der Waals surface area contributed by atoms with Crippen LogP contribution in [0.15, 0.2) is 48.5 Å². The van der Waals surface area contributed by atoms with Crippen molar-refractivity contribution in [2.75, 3.05) is 5.01 Å². The monoisotopic (exact) mass is 282 g/mol. The third kappa shape index (κ3) is 2.16. The highest BCUT2D eigenvalue weighted by Gasteiger charge is 2.43. The van der Waals surface area contributed by atoms with Gasteiger partial charge in [-0.2, -0.15) is 0 Å². The molecule has 0 bridgehead atoms. The van der Waals surface area contributed by atoms with E-state index in [0.717, 1.165) is 11.1 Å². The quantitative estimate of drug-likeness (QED) is 0.490. The Bertz CT molecular complexity index is 756. The molecule has 0 N–H and O–H groups in total. The van der Waals surface area contributed by atoms with Gasteiger partial charge in [-0.05, 0) is 34.7 Å². The summed E-state index contributed by atoms with van der Waals surface area (Å²) in [5.74, 6) is -1.96. The molecule has 2 aromatic rings. The van der Waals surface area contributed by atoms with E-state index in [4.69, 9.17) is 0 Å². The predicted molar refractivity (Wildman–Crippen MR) is 74.5 cm³/mol. The van der Waals surface area contributed by atoms with Crippen molar-refractivity contribution in [2.24, 2.45) is 0 Å². The lowest BCUT2D eigenvalue weighted by Crippen LogP contribution is -2.34. The Morgan fingerprint density at radius 3 is 2.38 bits per heavy atom. The van der Waals surface area contributed by atoms with Crippen molar-refractivity contribution in [1.29, 1.82) is 0 Å². The van der Waals surface area contributed by atoms with Crippen LogP contribution >= 0.6 is 0 Å². The highest BCUT2D eigenvalue weighted by molar-refractivity contribution is 6.51. The standard InChI is InChI=1S/C15H10N2O4/c18-14-12-9-11(8-10-4-2-1-3-5-10)6-7-13(12)16(15(14)19)17(20)21/h1-7,9H,8H2. The lowest BCUT2D eigenvalue weighted by atomic mass is 10.0. The minimum absolute atomic E-state index is 0.0341. The summed E-state index contributed by atoms with van der Waals surface area (Å²) in [6, 6.07) is 14.3. The van der Waals surface area contributed by atoms with Crippen molar-refractivity contribution in [1.82, 2.24) is 0 Å². The molecule has 1 amide bonds. The van der Waals surface area contributed by atoms with E-state index in [0.29, 0.717) is 11.4 Å². The van der Waals surface area contributed by atoms with Crippen LogP contribution in [-0.4, -0.2) is 16.7 Å². The van der Waals surface area contributed by atoms with Crippen LogP contribution in [0, 0.1) is 10.1 Å². The van der Waals surface area contributed by atoms with Crippen molar-refractivity contribution in [3.05, 3.63) is 75.3 Å². The fraction of sp³-hybridized carbons (Fsp3) is 0.0667. The molecule has 0 saturated carbocycles. The number of ketones is 1. The molecule has 21 heavy (non-hydrogen) atoms. The predicted octanol–water partition coefficient (Wildman–Crippen LogP) is 2.00. The molecule has 1 heterocycles. The summed E-state index contributed by atoms with van der Waals surface area (Å²) in [6.45, 7) is 0. The van der Waals surface area contributed by atoms with E-state index in [2.05, 4.69) is 0 Å². The molecule has 104 valence electrons. The van der Waals surface area contributed by atoms with E-state index in [-0.39, 0.29) is 11.3 Å². The number of Topliss-reactive ketones (excluding diaryl/α,β-unsaturated/α-hetero) is 1. The largest absolute Gasteiger partial charge is 0.360 e. The third-order valence-electron chi connectivity index (χ3n) is 3.33. The van der Waals surface area contributed by atoms with Gasteiger partial charge in [-0.25, -0.2) is 10.1 Å². The molecule has 0 atom stereocenters.